The van der Waals surface area contributed by atoms with Crippen LogP contribution in [0.5, 0.6) is 11.5 Å². The first-order valence-corrected chi connectivity index (χ1v) is 9.08. The first-order chi connectivity index (χ1) is 12.6. The zero-order valence-corrected chi connectivity index (χ0v) is 15.3. The van der Waals surface area contributed by atoms with Gasteiger partial charge in [0.05, 0.1) is 19.3 Å². The quantitative estimate of drug-likeness (QED) is 0.766. The fourth-order valence-corrected chi connectivity index (χ4v) is 3.28. The monoisotopic (exact) mass is 354 g/mol. The van der Waals surface area contributed by atoms with E-state index in [-0.39, 0.29) is 18.1 Å². The maximum atomic E-state index is 12.4. The Balaban J connectivity index is 1.70. The number of ether oxygens (including phenoxy) is 2. The standard InChI is InChI=1S/C21H26N2O3/c1-14(23-21(24)16-6-5-7-17(22)12-16)15-10-11-19(20(13-15)25-2)26-18-8-3-4-9-18/h5-7,10-14,18H,3-4,8-9,22H2,1-2H3,(H,23,24). The molecule has 5 nitrogen and oxygen atoms in total. The fourth-order valence-electron chi connectivity index (χ4n) is 3.28. The smallest absolute Gasteiger partial charge is 0.251 e. The van der Waals surface area contributed by atoms with Crippen LogP contribution in [0.15, 0.2) is 42.5 Å². The number of anilines is 1. The molecule has 0 radical (unpaired) electrons. The van der Waals surface area contributed by atoms with Crippen LogP contribution in [0, 0.1) is 0 Å². The average Bonchev–Trinajstić information content (AvgIpc) is 3.15. The van der Waals surface area contributed by atoms with E-state index in [1.807, 2.05) is 25.1 Å². The molecule has 0 heterocycles. The number of rotatable bonds is 6. The van der Waals surface area contributed by atoms with E-state index in [4.69, 9.17) is 15.2 Å². The van der Waals surface area contributed by atoms with Crippen molar-refractivity contribution in [1.29, 1.82) is 0 Å². The van der Waals surface area contributed by atoms with Gasteiger partial charge in [0.1, 0.15) is 0 Å². The van der Waals surface area contributed by atoms with E-state index in [2.05, 4.69) is 5.32 Å². The first kappa shape index (κ1) is 18.1. The Kier molecular flexibility index (Phi) is 5.66. The van der Waals surface area contributed by atoms with E-state index >= 15 is 0 Å². The van der Waals surface area contributed by atoms with Crippen molar-refractivity contribution in [2.24, 2.45) is 0 Å². The Bertz CT molecular complexity index is 770. The number of nitrogen functional groups attached to an aromatic ring is 1. The number of amides is 1. The van der Waals surface area contributed by atoms with Crippen LogP contribution in [-0.4, -0.2) is 19.1 Å². The molecule has 1 unspecified atom stereocenters. The Morgan fingerprint density at radius 2 is 1.92 bits per heavy atom. The Morgan fingerprint density at radius 3 is 2.62 bits per heavy atom. The van der Waals surface area contributed by atoms with Gasteiger partial charge in [0.15, 0.2) is 11.5 Å². The van der Waals surface area contributed by atoms with Crippen molar-refractivity contribution in [2.75, 3.05) is 12.8 Å². The van der Waals surface area contributed by atoms with Gasteiger partial charge in [0, 0.05) is 11.3 Å². The van der Waals surface area contributed by atoms with Gasteiger partial charge < -0.3 is 20.5 Å². The van der Waals surface area contributed by atoms with E-state index in [1.165, 1.54) is 12.8 Å². The molecule has 138 valence electrons. The second-order valence-corrected chi connectivity index (χ2v) is 6.76. The number of nitrogens with one attached hydrogen (secondary N) is 1. The second kappa shape index (κ2) is 8.13. The van der Waals surface area contributed by atoms with Crippen molar-refractivity contribution in [2.45, 2.75) is 44.8 Å². The lowest BCUT2D eigenvalue weighted by atomic mass is 10.1. The third-order valence-corrected chi connectivity index (χ3v) is 4.78. The Labute approximate surface area is 154 Å². The highest BCUT2D eigenvalue weighted by molar-refractivity contribution is 5.95. The third kappa shape index (κ3) is 4.28. The van der Waals surface area contributed by atoms with Crippen LogP contribution < -0.4 is 20.5 Å². The lowest BCUT2D eigenvalue weighted by molar-refractivity contribution is 0.0940. The zero-order chi connectivity index (χ0) is 18.5. The molecule has 1 atom stereocenters. The van der Waals surface area contributed by atoms with Crippen molar-refractivity contribution >= 4 is 11.6 Å². The molecule has 5 heteroatoms. The van der Waals surface area contributed by atoms with Gasteiger partial charge >= 0.3 is 0 Å². The minimum Gasteiger partial charge on any atom is -0.493 e. The molecule has 1 amide bonds. The van der Waals surface area contributed by atoms with Crippen LogP contribution in [-0.2, 0) is 0 Å². The minimum atomic E-state index is -0.168. The van der Waals surface area contributed by atoms with Gasteiger partial charge in [-0.25, -0.2) is 0 Å². The molecule has 2 aromatic carbocycles. The van der Waals surface area contributed by atoms with E-state index in [0.29, 0.717) is 17.0 Å². The zero-order valence-electron chi connectivity index (χ0n) is 15.3. The lowest BCUT2D eigenvalue weighted by Gasteiger charge is -2.19. The molecule has 1 aliphatic rings. The number of carbonyl (C=O) groups excluding carboxylic acids is 1. The molecule has 0 spiro atoms. The first-order valence-electron chi connectivity index (χ1n) is 9.08. The van der Waals surface area contributed by atoms with Gasteiger partial charge in [-0.3, -0.25) is 4.79 Å². The molecule has 1 fully saturated rings. The van der Waals surface area contributed by atoms with Crippen molar-refractivity contribution < 1.29 is 14.3 Å². The van der Waals surface area contributed by atoms with Crippen LogP contribution in [0.3, 0.4) is 0 Å². The van der Waals surface area contributed by atoms with Gasteiger partial charge in [0.2, 0.25) is 0 Å². The molecule has 0 bridgehead atoms. The fraction of sp³-hybridized carbons (Fsp3) is 0.381. The summed E-state index contributed by atoms with van der Waals surface area (Å²) in [5.74, 6) is 1.30. The van der Waals surface area contributed by atoms with E-state index in [0.717, 1.165) is 24.2 Å². The molecule has 0 aliphatic heterocycles. The number of carbonyl (C=O) groups is 1. The molecule has 1 aliphatic carbocycles. The van der Waals surface area contributed by atoms with Crippen molar-refractivity contribution in [1.82, 2.24) is 5.32 Å². The maximum absolute atomic E-state index is 12.4. The van der Waals surface area contributed by atoms with Crippen LogP contribution in [0.2, 0.25) is 0 Å². The van der Waals surface area contributed by atoms with Crippen LogP contribution >= 0.6 is 0 Å². The summed E-state index contributed by atoms with van der Waals surface area (Å²) in [6.45, 7) is 1.94. The Hall–Kier alpha value is -2.69. The normalized spacial score (nSPS) is 15.5. The predicted octanol–water partition coefficient (Wildman–Crippen LogP) is 4.09. The summed E-state index contributed by atoms with van der Waals surface area (Å²) in [6, 6.07) is 12.6. The summed E-state index contributed by atoms with van der Waals surface area (Å²) in [4.78, 5) is 12.4. The molecular formula is C21H26N2O3. The molecule has 0 aromatic heterocycles. The molecule has 3 rings (SSSR count). The van der Waals surface area contributed by atoms with Gasteiger partial charge in [-0.2, -0.15) is 0 Å². The second-order valence-electron chi connectivity index (χ2n) is 6.76. The number of methoxy groups -OCH3 is 1. The summed E-state index contributed by atoms with van der Waals surface area (Å²) >= 11 is 0. The topological polar surface area (TPSA) is 73.6 Å². The average molecular weight is 354 g/mol. The third-order valence-electron chi connectivity index (χ3n) is 4.78. The van der Waals surface area contributed by atoms with E-state index in [1.54, 1.807) is 31.4 Å². The number of hydrogen-bond acceptors (Lipinski definition) is 4. The summed E-state index contributed by atoms with van der Waals surface area (Å²) in [5, 5.41) is 2.99. The molecular weight excluding hydrogens is 328 g/mol. The summed E-state index contributed by atoms with van der Waals surface area (Å²) in [5.41, 5.74) is 7.82. The van der Waals surface area contributed by atoms with Crippen LogP contribution in [0.1, 0.15) is 54.6 Å². The van der Waals surface area contributed by atoms with Crippen molar-refractivity contribution in [3.05, 3.63) is 53.6 Å². The molecule has 2 aromatic rings. The van der Waals surface area contributed by atoms with E-state index < -0.39 is 0 Å². The lowest BCUT2D eigenvalue weighted by Crippen LogP contribution is -2.26. The molecule has 3 N–H and O–H groups in total. The van der Waals surface area contributed by atoms with Crippen molar-refractivity contribution in [3.63, 3.8) is 0 Å². The molecule has 1 saturated carbocycles. The highest BCUT2D eigenvalue weighted by Crippen LogP contribution is 2.33. The van der Waals surface area contributed by atoms with Gasteiger partial charge in [-0.15, -0.1) is 0 Å². The van der Waals surface area contributed by atoms with Crippen LogP contribution in [0.25, 0.3) is 0 Å². The molecule has 0 saturated heterocycles. The van der Waals surface area contributed by atoms with Crippen molar-refractivity contribution in [3.8, 4) is 11.5 Å². The summed E-state index contributed by atoms with van der Waals surface area (Å²) in [7, 11) is 1.64. The van der Waals surface area contributed by atoms with Crippen LogP contribution in [0.4, 0.5) is 5.69 Å². The number of benzene rings is 2. The molecule has 26 heavy (non-hydrogen) atoms. The largest absolute Gasteiger partial charge is 0.493 e. The number of nitrogens with two attached hydrogens (primary N) is 1. The minimum absolute atomic E-state index is 0.157. The van der Waals surface area contributed by atoms with E-state index in [9.17, 15) is 4.79 Å². The van der Waals surface area contributed by atoms with Gasteiger partial charge in [0.25, 0.3) is 5.91 Å². The highest BCUT2D eigenvalue weighted by Gasteiger charge is 2.19. The van der Waals surface area contributed by atoms with Gasteiger partial charge in [-0.05, 0) is 68.5 Å². The summed E-state index contributed by atoms with van der Waals surface area (Å²) in [6.07, 6.45) is 4.90. The Morgan fingerprint density at radius 1 is 1.15 bits per heavy atom. The highest BCUT2D eigenvalue weighted by atomic mass is 16.5. The maximum Gasteiger partial charge on any atom is 0.251 e. The number of hydrogen-bond donors (Lipinski definition) is 2. The predicted molar refractivity (Wildman–Crippen MR) is 103 cm³/mol. The van der Waals surface area contributed by atoms with Gasteiger partial charge in [-0.1, -0.05) is 12.1 Å². The SMILES string of the molecule is COc1cc(C(C)NC(=O)c2cccc(N)c2)ccc1OC1CCCC1. The summed E-state index contributed by atoms with van der Waals surface area (Å²) < 4.78 is 11.6.